The number of thioether (sulfide) groups is 1. The Hall–Kier alpha value is -0.550. The first kappa shape index (κ1) is 10.6. The molecule has 3 rings (SSSR count). The maximum absolute atomic E-state index is 5.44. The molecule has 88 valence electrons. The quantitative estimate of drug-likeness (QED) is 0.857. The van der Waals surface area contributed by atoms with Crippen molar-refractivity contribution in [2.45, 2.75) is 43.4 Å². The molecule has 1 aromatic heterocycles. The highest BCUT2D eigenvalue weighted by atomic mass is 32.2. The van der Waals surface area contributed by atoms with E-state index < -0.39 is 0 Å². The minimum atomic E-state index is 0.0594. The van der Waals surface area contributed by atoms with Gasteiger partial charge in [-0.25, -0.2) is 0 Å². The molecule has 4 nitrogen and oxygen atoms in total. The van der Waals surface area contributed by atoms with Crippen molar-refractivity contribution in [1.29, 1.82) is 0 Å². The summed E-state index contributed by atoms with van der Waals surface area (Å²) in [4.78, 5) is 4.58. The van der Waals surface area contributed by atoms with Gasteiger partial charge in [-0.1, -0.05) is 5.16 Å². The van der Waals surface area contributed by atoms with Crippen LogP contribution < -0.4 is 5.32 Å². The van der Waals surface area contributed by atoms with Crippen molar-refractivity contribution in [1.82, 2.24) is 15.5 Å². The van der Waals surface area contributed by atoms with Crippen LogP contribution >= 0.6 is 11.8 Å². The fourth-order valence-corrected chi connectivity index (χ4v) is 3.68. The highest BCUT2D eigenvalue weighted by Gasteiger charge is 2.37. The number of aromatic nitrogens is 2. The van der Waals surface area contributed by atoms with Crippen molar-refractivity contribution in [2.24, 2.45) is 0 Å². The number of rotatable bonds is 2. The molecule has 2 aliphatic rings. The summed E-state index contributed by atoms with van der Waals surface area (Å²) in [6.45, 7) is 3.28. The van der Waals surface area contributed by atoms with Crippen LogP contribution in [-0.4, -0.2) is 22.4 Å². The van der Waals surface area contributed by atoms with E-state index in [1.54, 1.807) is 0 Å². The topological polar surface area (TPSA) is 51.0 Å². The maximum Gasteiger partial charge on any atom is 0.242 e. The van der Waals surface area contributed by atoms with Crippen molar-refractivity contribution in [3.8, 4) is 0 Å². The zero-order chi connectivity index (χ0) is 11.0. The summed E-state index contributed by atoms with van der Waals surface area (Å²) < 4.78 is 5.50. The molecule has 2 fully saturated rings. The van der Waals surface area contributed by atoms with Gasteiger partial charge in [0.05, 0.1) is 10.8 Å². The van der Waals surface area contributed by atoms with Crippen molar-refractivity contribution in [3.63, 3.8) is 0 Å². The van der Waals surface area contributed by atoms with Crippen LogP contribution in [-0.2, 0) is 4.75 Å². The maximum atomic E-state index is 5.44. The van der Waals surface area contributed by atoms with E-state index in [4.69, 9.17) is 4.52 Å². The molecule has 2 unspecified atom stereocenters. The Bertz CT molecular complexity index is 367. The third-order valence-electron chi connectivity index (χ3n) is 3.48. The molecule has 16 heavy (non-hydrogen) atoms. The van der Waals surface area contributed by atoms with Crippen molar-refractivity contribution < 1.29 is 4.52 Å². The van der Waals surface area contributed by atoms with Gasteiger partial charge in [-0.15, -0.1) is 11.8 Å². The average Bonchev–Trinajstić information content (AvgIpc) is 2.98. The highest BCUT2D eigenvalue weighted by Crippen LogP contribution is 2.45. The van der Waals surface area contributed by atoms with E-state index in [0.29, 0.717) is 6.04 Å². The minimum Gasteiger partial charge on any atom is -0.338 e. The first-order chi connectivity index (χ1) is 7.78. The predicted molar refractivity (Wildman–Crippen MR) is 63.3 cm³/mol. The molecule has 0 radical (unpaired) electrons. The average molecular weight is 239 g/mol. The molecular weight excluding hydrogens is 222 g/mol. The van der Waals surface area contributed by atoms with Gasteiger partial charge in [0, 0.05) is 0 Å². The van der Waals surface area contributed by atoms with E-state index in [0.717, 1.165) is 31.1 Å². The summed E-state index contributed by atoms with van der Waals surface area (Å²) in [6.07, 6.45) is 4.74. The SMILES string of the molecule is CC1(c2nc(C3CCCN3)no2)CCCS1. The second-order valence-corrected chi connectivity index (χ2v) is 6.39. The lowest BCUT2D eigenvalue weighted by Crippen LogP contribution is -2.16. The van der Waals surface area contributed by atoms with E-state index in [2.05, 4.69) is 22.4 Å². The zero-order valence-corrected chi connectivity index (χ0v) is 10.3. The fourth-order valence-electron chi connectivity index (χ4n) is 2.44. The van der Waals surface area contributed by atoms with Crippen LogP contribution in [0.4, 0.5) is 0 Å². The van der Waals surface area contributed by atoms with Gasteiger partial charge in [0.25, 0.3) is 0 Å². The molecule has 2 aliphatic heterocycles. The first-order valence-corrected chi connectivity index (χ1v) is 6.98. The van der Waals surface area contributed by atoms with Crippen LogP contribution in [0, 0.1) is 0 Å². The van der Waals surface area contributed by atoms with Crippen molar-refractivity contribution >= 4 is 11.8 Å². The molecule has 1 aromatic rings. The Balaban J connectivity index is 1.81. The van der Waals surface area contributed by atoms with Crippen LogP contribution in [0.5, 0.6) is 0 Å². The standard InChI is InChI=1S/C11H17N3OS/c1-11(5-3-7-16-11)10-13-9(14-15-10)8-4-2-6-12-8/h8,12H,2-7H2,1H3. The molecule has 3 heterocycles. The molecule has 0 bridgehead atoms. The number of nitrogens with one attached hydrogen (secondary N) is 1. The number of nitrogens with zero attached hydrogens (tertiary/aromatic N) is 2. The van der Waals surface area contributed by atoms with E-state index >= 15 is 0 Å². The summed E-state index contributed by atoms with van der Waals surface area (Å²) in [5.74, 6) is 2.87. The number of hydrogen-bond donors (Lipinski definition) is 1. The van der Waals surface area contributed by atoms with Gasteiger partial charge in [0.2, 0.25) is 5.89 Å². The third-order valence-corrected chi connectivity index (χ3v) is 4.99. The fraction of sp³-hybridized carbons (Fsp3) is 0.818. The molecule has 0 amide bonds. The van der Waals surface area contributed by atoms with Crippen molar-refractivity contribution in [3.05, 3.63) is 11.7 Å². The normalized spacial score (nSPS) is 34.7. The Labute approximate surface area is 99.6 Å². The molecular formula is C11H17N3OS. The van der Waals surface area contributed by atoms with E-state index in [9.17, 15) is 0 Å². The van der Waals surface area contributed by atoms with Gasteiger partial charge in [0.15, 0.2) is 5.82 Å². The third kappa shape index (κ3) is 1.76. The molecule has 0 aliphatic carbocycles. The van der Waals surface area contributed by atoms with Gasteiger partial charge in [-0.05, 0) is 44.9 Å². The summed E-state index contributed by atoms with van der Waals surface area (Å²) >= 11 is 1.94. The Kier molecular flexibility index (Phi) is 2.67. The smallest absolute Gasteiger partial charge is 0.242 e. The van der Waals surface area contributed by atoms with Gasteiger partial charge in [-0.3, -0.25) is 0 Å². The molecule has 2 atom stereocenters. The molecule has 0 spiro atoms. The molecule has 0 aromatic carbocycles. The zero-order valence-electron chi connectivity index (χ0n) is 9.53. The summed E-state index contributed by atoms with van der Waals surface area (Å²) in [5.41, 5.74) is 0. The predicted octanol–water partition coefficient (Wildman–Crippen LogP) is 2.24. The molecule has 1 N–H and O–H groups in total. The second-order valence-electron chi connectivity index (χ2n) is 4.79. The summed E-state index contributed by atoms with van der Waals surface area (Å²) in [5, 5.41) is 7.52. The molecule has 0 saturated carbocycles. The molecule has 2 saturated heterocycles. The van der Waals surface area contributed by atoms with E-state index in [1.807, 2.05) is 11.8 Å². The number of hydrogen-bond acceptors (Lipinski definition) is 5. The van der Waals surface area contributed by atoms with Crippen LogP contribution in [0.3, 0.4) is 0 Å². The van der Waals surface area contributed by atoms with Gasteiger partial charge < -0.3 is 9.84 Å². The Morgan fingerprint density at radius 1 is 1.50 bits per heavy atom. The lowest BCUT2D eigenvalue weighted by Gasteiger charge is -2.16. The highest BCUT2D eigenvalue weighted by molar-refractivity contribution is 8.00. The van der Waals surface area contributed by atoms with Gasteiger partial charge in [0.1, 0.15) is 0 Å². The summed E-state index contributed by atoms with van der Waals surface area (Å²) in [6, 6.07) is 0.313. The van der Waals surface area contributed by atoms with E-state index in [-0.39, 0.29) is 4.75 Å². The largest absolute Gasteiger partial charge is 0.338 e. The Morgan fingerprint density at radius 3 is 3.12 bits per heavy atom. The first-order valence-electron chi connectivity index (χ1n) is 5.99. The van der Waals surface area contributed by atoms with Crippen LogP contribution in [0.15, 0.2) is 4.52 Å². The second kappa shape index (κ2) is 4.04. The summed E-state index contributed by atoms with van der Waals surface area (Å²) in [7, 11) is 0. The van der Waals surface area contributed by atoms with Crippen molar-refractivity contribution in [2.75, 3.05) is 12.3 Å². The van der Waals surface area contributed by atoms with Crippen LogP contribution in [0.1, 0.15) is 50.4 Å². The minimum absolute atomic E-state index is 0.0594. The van der Waals surface area contributed by atoms with Gasteiger partial charge >= 0.3 is 0 Å². The van der Waals surface area contributed by atoms with Gasteiger partial charge in [-0.2, -0.15) is 4.98 Å². The lowest BCUT2D eigenvalue weighted by molar-refractivity contribution is 0.337. The van der Waals surface area contributed by atoms with Crippen LogP contribution in [0.25, 0.3) is 0 Å². The lowest BCUT2D eigenvalue weighted by atomic mass is 10.1. The molecule has 5 heteroatoms. The van der Waals surface area contributed by atoms with Crippen LogP contribution in [0.2, 0.25) is 0 Å². The monoisotopic (exact) mass is 239 g/mol. The van der Waals surface area contributed by atoms with E-state index in [1.165, 1.54) is 18.6 Å². The Morgan fingerprint density at radius 2 is 2.44 bits per heavy atom.